The summed E-state index contributed by atoms with van der Waals surface area (Å²) >= 11 is 5.91. The van der Waals surface area contributed by atoms with E-state index in [9.17, 15) is 4.79 Å². The number of benzene rings is 2. The number of nitriles is 1. The van der Waals surface area contributed by atoms with Gasteiger partial charge in [-0.2, -0.15) is 5.26 Å². The molecule has 22 heavy (non-hydrogen) atoms. The monoisotopic (exact) mass is 307 g/mol. The number of hydrogen-bond acceptors (Lipinski definition) is 3. The fourth-order valence-electron chi connectivity index (χ4n) is 2.06. The molecule has 106 valence electrons. The lowest BCUT2D eigenvalue weighted by atomic mass is 10.1. The first-order chi connectivity index (χ1) is 10.7. The standard InChI is InChI=1S/C18H10ClNO2/c19-15-6-8-17-14(9-15)10-18(22-17)16(21)7-5-12-1-3-13(11-20)4-2-12/h1-10H/b7-5+. The molecule has 0 bridgehead atoms. The first-order valence-corrected chi connectivity index (χ1v) is 6.95. The van der Waals surface area contributed by atoms with Gasteiger partial charge in [-0.25, -0.2) is 0 Å². The highest BCUT2D eigenvalue weighted by Gasteiger charge is 2.09. The average molecular weight is 308 g/mol. The lowest BCUT2D eigenvalue weighted by Gasteiger charge is -1.93. The summed E-state index contributed by atoms with van der Waals surface area (Å²) in [7, 11) is 0. The molecule has 0 atom stereocenters. The van der Waals surface area contributed by atoms with Crippen molar-refractivity contribution in [1.82, 2.24) is 0 Å². The van der Waals surface area contributed by atoms with Gasteiger partial charge in [0, 0.05) is 10.4 Å². The third-order valence-electron chi connectivity index (χ3n) is 3.19. The molecule has 3 aromatic rings. The Labute approximate surface area is 132 Å². The summed E-state index contributed by atoms with van der Waals surface area (Å²) in [4.78, 5) is 12.1. The van der Waals surface area contributed by atoms with Gasteiger partial charge in [-0.3, -0.25) is 4.79 Å². The van der Waals surface area contributed by atoms with Crippen LogP contribution >= 0.6 is 11.6 Å². The maximum absolute atomic E-state index is 12.1. The van der Waals surface area contributed by atoms with Crippen molar-refractivity contribution in [1.29, 1.82) is 5.26 Å². The topological polar surface area (TPSA) is 54.0 Å². The second-order valence-corrected chi connectivity index (χ2v) is 5.16. The maximum atomic E-state index is 12.1. The molecule has 2 aromatic carbocycles. The van der Waals surface area contributed by atoms with E-state index < -0.39 is 0 Å². The molecule has 0 unspecified atom stereocenters. The summed E-state index contributed by atoms with van der Waals surface area (Å²) < 4.78 is 5.51. The fourth-order valence-corrected chi connectivity index (χ4v) is 2.24. The fraction of sp³-hybridized carbons (Fsp3) is 0. The highest BCUT2D eigenvalue weighted by atomic mass is 35.5. The van der Waals surface area contributed by atoms with E-state index in [-0.39, 0.29) is 11.5 Å². The number of fused-ring (bicyclic) bond motifs is 1. The van der Waals surface area contributed by atoms with Gasteiger partial charge in [-0.15, -0.1) is 0 Å². The predicted molar refractivity (Wildman–Crippen MR) is 85.7 cm³/mol. The summed E-state index contributed by atoms with van der Waals surface area (Å²) in [6.07, 6.45) is 3.13. The number of allylic oxidation sites excluding steroid dienone is 1. The Bertz CT molecular complexity index is 914. The summed E-state index contributed by atoms with van der Waals surface area (Å²) in [5.74, 6) is 0.0406. The van der Waals surface area contributed by atoms with Gasteiger partial charge in [0.25, 0.3) is 0 Å². The van der Waals surface area contributed by atoms with Crippen molar-refractivity contribution in [2.45, 2.75) is 0 Å². The molecule has 0 saturated heterocycles. The number of nitrogens with zero attached hydrogens (tertiary/aromatic N) is 1. The van der Waals surface area contributed by atoms with Crippen LogP contribution < -0.4 is 0 Å². The third kappa shape index (κ3) is 2.93. The zero-order valence-corrected chi connectivity index (χ0v) is 12.2. The molecule has 0 spiro atoms. The zero-order valence-electron chi connectivity index (χ0n) is 11.4. The Morgan fingerprint density at radius 2 is 1.91 bits per heavy atom. The van der Waals surface area contributed by atoms with Crippen LogP contribution in [0.4, 0.5) is 0 Å². The molecule has 4 heteroatoms. The van der Waals surface area contributed by atoms with Crippen LogP contribution in [-0.2, 0) is 0 Å². The van der Waals surface area contributed by atoms with Gasteiger partial charge in [0.2, 0.25) is 5.78 Å². The van der Waals surface area contributed by atoms with Gasteiger partial charge in [0.15, 0.2) is 5.76 Å². The Morgan fingerprint density at radius 3 is 2.64 bits per heavy atom. The Kier molecular flexibility index (Phi) is 3.78. The molecule has 3 rings (SSSR count). The minimum atomic E-state index is -0.225. The Hall–Kier alpha value is -2.83. The molecule has 0 amide bonds. The number of halogens is 1. The van der Waals surface area contributed by atoms with E-state index in [0.717, 1.165) is 10.9 Å². The predicted octanol–water partition coefficient (Wildman–Crippen LogP) is 4.85. The third-order valence-corrected chi connectivity index (χ3v) is 3.42. The number of hydrogen-bond donors (Lipinski definition) is 0. The van der Waals surface area contributed by atoms with Crippen molar-refractivity contribution in [3.63, 3.8) is 0 Å². The summed E-state index contributed by atoms with van der Waals surface area (Å²) in [5, 5.41) is 10.1. The van der Waals surface area contributed by atoms with Crippen molar-refractivity contribution in [3.05, 3.63) is 76.5 Å². The van der Waals surface area contributed by atoms with Crippen molar-refractivity contribution in [3.8, 4) is 6.07 Å². The number of ketones is 1. The second kappa shape index (κ2) is 5.88. The van der Waals surface area contributed by atoms with E-state index in [1.165, 1.54) is 6.08 Å². The quantitative estimate of drug-likeness (QED) is 0.513. The molecule has 0 N–H and O–H groups in total. The van der Waals surface area contributed by atoms with Crippen LogP contribution in [-0.4, -0.2) is 5.78 Å². The van der Waals surface area contributed by atoms with E-state index in [4.69, 9.17) is 21.3 Å². The molecule has 0 saturated carbocycles. The van der Waals surface area contributed by atoms with Crippen LogP contribution in [0, 0.1) is 11.3 Å². The lowest BCUT2D eigenvalue weighted by Crippen LogP contribution is -1.90. The van der Waals surface area contributed by atoms with Crippen LogP contribution in [0.2, 0.25) is 5.02 Å². The first-order valence-electron chi connectivity index (χ1n) is 6.57. The molecule has 0 fully saturated rings. The minimum absolute atomic E-state index is 0.225. The van der Waals surface area contributed by atoms with E-state index in [1.807, 2.05) is 6.07 Å². The molecule has 1 heterocycles. The molecule has 0 aliphatic heterocycles. The number of rotatable bonds is 3. The number of carbonyl (C=O) groups excluding carboxylic acids is 1. The number of carbonyl (C=O) groups is 1. The van der Waals surface area contributed by atoms with Gasteiger partial charge in [-0.1, -0.05) is 29.8 Å². The molecule has 0 aliphatic carbocycles. The molecular weight excluding hydrogens is 298 g/mol. The Balaban J connectivity index is 1.82. The van der Waals surface area contributed by atoms with Crippen LogP contribution in [0.1, 0.15) is 21.7 Å². The van der Waals surface area contributed by atoms with Crippen molar-refractivity contribution in [2.75, 3.05) is 0 Å². The lowest BCUT2D eigenvalue weighted by molar-refractivity contribution is 0.102. The summed E-state index contributed by atoms with van der Waals surface area (Å²) in [6, 6.07) is 15.9. The first kappa shape index (κ1) is 14.1. The maximum Gasteiger partial charge on any atom is 0.221 e. The largest absolute Gasteiger partial charge is 0.453 e. The minimum Gasteiger partial charge on any atom is -0.453 e. The molecule has 1 aromatic heterocycles. The molecule has 0 radical (unpaired) electrons. The van der Waals surface area contributed by atoms with Crippen LogP contribution in [0.15, 0.2) is 59.0 Å². The average Bonchev–Trinajstić information content (AvgIpc) is 2.96. The summed E-state index contributed by atoms with van der Waals surface area (Å²) in [5.41, 5.74) is 2.05. The van der Waals surface area contributed by atoms with Crippen LogP contribution in [0.25, 0.3) is 17.0 Å². The van der Waals surface area contributed by atoms with Crippen molar-refractivity contribution < 1.29 is 9.21 Å². The van der Waals surface area contributed by atoms with Gasteiger partial charge in [0.1, 0.15) is 5.58 Å². The molecule has 0 aliphatic rings. The van der Waals surface area contributed by atoms with E-state index in [2.05, 4.69) is 0 Å². The highest BCUT2D eigenvalue weighted by Crippen LogP contribution is 2.23. The van der Waals surface area contributed by atoms with Gasteiger partial charge >= 0.3 is 0 Å². The van der Waals surface area contributed by atoms with Crippen LogP contribution in [0.3, 0.4) is 0 Å². The number of furan rings is 1. The van der Waals surface area contributed by atoms with Crippen molar-refractivity contribution in [2.24, 2.45) is 0 Å². The molecular formula is C18H10ClNO2. The Morgan fingerprint density at radius 1 is 1.14 bits per heavy atom. The van der Waals surface area contributed by atoms with Crippen molar-refractivity contribution >= 4 is 34.4 Å². The smallest absolute Gasteiger partial charge is 0.221 e. The highest BCUT2D eigenvalue weighted by molar-refractivity contribution is 6.31. The normalized spacial score (nSPS) is 10.9. The summed E-state index contributed by atoms with van der Waals surface area (Å²) in [6.45, 7) is 0. The SMILES string of the molecule is N#Cc1ccc(/C=C/C(=O)c2cc3cc(Cl)ccc3o2)cc1. The molecule has 3 nitrogen and oxygen atoms in total. The van der Waals surface area contributed by atoms with Gasteiger partial charge in [-0.05, 0) is 48.0 Å². The van der Waals surface area contributed by atoms with E-state index in [0.29, 0.717) is 16.2 Å². The van der Waals surface area contributed by atoms with Gasteiger partial charge < -0.3 is 4.42 Å². The van der Waals surface area contributed by atoms with Crippen LogP contribution in [0.5, 0.6) is 0 Å². The van der Waals surface area contributed by atoms with E-state index in [1.54, 1.807) is 54.6 Å². The van der Waals surface area contributed by atoms with Gasteiger partial charge in [0.05, 0.1) is 11.6 Å². The van der Waals surface area contributed by atoms with E-state index >= 15 is 0 Å². The second-order valence-electron chi connectivity index (χ2n) is 4.72. The zero-order chi connectivity index (χ0) is 15.5.